The fourth-order valence-electron chi connectivity index (χ4n) is 1.71. The van der Waals surface area contributed by atoms with Crippen molar-refractivity contribution >= 4 is 5.69 Å². The highest BCUT2D eigenvalue weighted by molar-refractivity contribution is 5.50. The van der Waals surface area contributed by atoms with E-state index >= 15 is 0 Å². The highest BCUT2D eigenvalue weighted by Gasteiger charge is 2.17. The first-order chi connectivity index (χ1) is 8.18. The molecule has 0 atom stereocenters. The van der Waals surface area contributed by atoms with Crippen molar-refractivity contribution in [2.45, 2.75) is 6.42 Å². The third kappa shape index (κ3) is 2.42. The molecule has 2 aromatic carbocycles. The zero-order chi connectivity index (χ0) is 12.3. The molecule has 0 fully saturated rings. The van der Waals surface area contributed by atoms with Crippen LogP contribution in [0.4, 0.5) is 5.69 Å². The summed E-state index contributed by atoms with van der Waals surface area (Å²) in [5.74, 6) is -0.0388. The Balaban J connectivity index is 2.41. The molecule has 0 heterocycles. The Bertz CT molecular complexity index is 538. The molecular weight excluding hydrogens is 218 g/mol. The molecule has 17 heavy (non-hydrogen) atoms. The number of nitrogens with zero attached hydrogens (tertiary/aromatic N) is 1. The van der Waals surface area contributed by atoms with Crippen LogP contribution in [-0.4, -0.2) is 10.0 Å². The number of nitro benzene ring substituents is 1. The van der Waals surface area contributed by atoms with Crippen molar-refractivity contribution in [1.82, 2.24) is 0 Å². The van der Waals surface area contributed by atoms with Crippen LogP contribution in [0.1, 0.15) is 11.1 Å². The fraction of sp³-hybridized carbons (Fsp3) is 0.0769. The molecule has 0 saturated heterocycles. The van der Waals surface area contributed by atoms with Gasteiger partial charge in [0.1, 0.15) is 5.75 Å². The molecule has 0 unspecified atom stereocenters. The smallest absolute Gasteiger partial charge is 0.276 e. The van der Waals surface area contributed by atoms with E-state index in [0.717, 1.165) is 5.56 Å². The van der Waals surface area contributed by atoms with E-state index in [1.807, 2.05) is 30.3 Å². The van der Waals surface area contributed by atoms with Gasteiger partial charge in [-0.3, -0.25) is 10.1 Å². The average molecular weight is 229 g/mol. The lowest BCUT2D eigenvalue weighted by molar-refractivity contribution is -0.385. The van der Waals surface area contributed by atoms with Crippen LogP contribution >= 0.6 is 0 Å². The van der Waals surface area contributed by atoms with Gasteiger partial charge >= 0.3 is 0 Å². The molecule has 2 rings (SSSR count). The van der Waals surface area contributed by atoms with Crippen LogP contribution in [0.5, 0.6) is 5.75 Å². The lowest BCUT2D eigenvalue weighted by atomic mass is 10.0. The molecule has 4 heteroatoms. The van der Waals surface area contributed by atoms with Crippen molar-refractivity contribution in [1.29, 1.82) is 0 Å². The van der Waals surface area contributed by atoms with Crippen LogP contribution in [0.3, 0.4) is 0 Å². The van der Waals surface area contributed by atoms with Gasteiger partial charge in [-0.15, -0.1) is 0 Å². The SMILES string of the molecule is O=[N+]([O-])c1cccc(O)c1Cc1ccccc1. The molecule has 0 aliphatic carbocycles. The van der Waals surface area contributed by atoms with Gasteiger partial charge in [0.05, 0.1) is 10.5 Å². The van der Waals surface area contributed by atoms with Gasteiger partial charge in [-0.25, -0.2) is 0 Å². The second-order valence-electron chi connectivity index (χ2n) is 3.69. The van der Waals surface area contributed by atoms with Gasteiger partial charge in [0.2, 0.25) is 0 Å². The summed E-state index contributed by atoms with van der Waals surface area (Å²) in [5, 5.41) is 20.6. The molecule has 0 aromatic heterocycles. The first-order valence-corrected chi connectivity index (χ1v) is 5.17. The monoisotopic (exact) mass is 229 g/mol. The lowest BCUT2D eigenvalue weighted by Gasteiger charge is -2.05. The van der Waals surface area contributed by atoms with E-state index < -0.39 is 4.92 Å². The minimum atomic E-state index is -0.474. The minimum absolute atomic E-state index is 0.0388. The average Bonchev–Trinajstić information content (AvgIpc) is 2.33. The number of hydrogen-bond acceptors (Lipinski definition) is 3. The molecule has 2 aromatic rings. The molecule has 0 amide bonds. The van der Waals surface area contributed by atoms with Crippen LogP contribution in [-0.2, 0) is 6.42 Å². The summed E-state index contributed by atoms with van der Waals surface area (Å²) in [4.78, 5) is 10.4. The van der Waals surface area contributed by atoms with Crippen LogP contribution in [0.15, 0.2) is 48.5 Å². The Labute approximate surface area is 98.3 Å². The van der Waals surface area contributed by atoms with Crippen molar-refractivity contribution in [3.05, 3.63) is 69.8 Å². The third-order valence-electron chi connectivity index (χ3n) is 2.55. The Morgan fingerprint density at radius 3 is 2.41 bits per heavy atom. The van der Waals surface area contributed by atoms with Gasteiger partial charge in [-0.05, 0) is 11.6 Å². The maximum atomic E-state index is 10.9. The van der Waals surface area contributed by atoms with E-state index in [9.17, 15) is 15.2 Å². The summed E-state index contributed by atoms with van der Waals surface area (Å²) in [5.41, 5.74) is 1.23. The molecule has 4 nitrogen and oxygen atoms in total. The quantitative estimate of drug-likeness (QED) is 0.650. The minimum Gasteiger partial charge on any atom is -0.507 e. The number of nitro groups is 1. The zero-order valence-corrected chi connectivity index (χ0v) is 9.04. The van der Waals surface area contributed by atoms with E-state index in [1.165, 1.54) is 18.2 Å². The van der Waals surface area contributed by atoms with Crippen molar-refractivity contribution in [3.63, 3.8) is 0 Å². The van der Waals surface area contributed by atoms with Crippen LogP contribution in [0.25, 0.3) is 0 Å². The predicted molar refractivity (Wildman–Crippen MR) is 64.0 cm³/mol. The molecule has 0 saturated carbocycles. The molecule has 1 N–H and O–H groups in total. The molecule has 86 valence electrons. The summed E-state index contributed by atoms with van der Waals surface area (Å²) in [6.07, 6.45) is 0.351. The second kappa shape index (κ2) is 4.65. The maximum absolute atomic E-state index is 10.9. The fourth-order valence-corrected chi connectivity index (χ4v) is 1.71. The Morgan fingerprint density at radius 2 is 1.76 bits per heavy atom. The van der Waals surface area contributed by atoms with Gasteiger partial charge in [0.15, 0.2) is 0 Å². The number of rotatable bonds is 3. The molecular formula is C13H11NO3. The van der Waals surface area contributed by atoms with E-state index in [-0.39, 0.29) is 11.4 Å². The van der Waals surface area contributed by atoms with Gasteiger partial charge in [0, 0.05) is 12.5 Å². The summed E-state index contributed by atoms with van der Waals surface area (Å²) in [7, 11) is 0. The number of hydrogen-bond donors (Lipinski definition) is 1. The first kappa shape index (κ1) is 11.1. The van der Waals surface area contributed by atoms with Crippen molar-refractivity contribution < 1.29 is 10.0 Å². The zero-order valence-electron chi connectivity index (χ0n) is 9.04. The van der Waals surface area contributed by atoms with Crippen LogP contribution in [0.2, 0.25) is 0 Å². The Kier molecular flexibility index (Phi) is 3.05. The summed E-state index contributed by atoms with van der Waals surface area (Å²) in [6, 6.07) is 13.7. The first-order valence-electron chi connectivity index (χ1n) is 5.17. The summed E-state index contributed by atoms with van der Waals surface area (Å²) >= 11 is 0. The van der Waals surface area contributed by atoms with Gasteiger partial charge in [-0.2, -0.15) is 0 Å². The van der Waals surface area contributed by atoms with Crippen molar-refractivity contribution in [2.75, 3.05) is 0 Å². The van der Waals surface area contributed by atoms with E-state index in [0.29, 0.717) is 12.0 Å². The van der Waals surface area contributed by atoms with Gasteiger partial charge in [-0.1, -0.05) is 36.4 Å². The normalized spacial score (nSPS) is 10.1. The van der Waals surface area contributed by atoms with E-state index in [1.54, 1.807) is 0 Å². The topological polar surface area (TPSA) is 63.4 Å². The Hall–Kier alpha value is -2.36. The van der Waals surface area contributed by atoms with Crippen LogP contribution in [0, 0.1) is 10.1 Å². The maximum Gasteiger partial charge on any atom is 0.276 e. The van der Waals surface area contributed by atoms with E-state index in [4.69, 9.17) is 0 Å². The summed E-state index contributed by atoms with van der Waals surface area (Å²) < 4.78 is 0. The third-order valence-corrected chi connectivity index (χ3v) is 2.55. The van der Waals surface area contributed by atoms with Crippen molar-refractivity contribution in [3.8, 4) is 5.75 Å². The van der Waals surface area contributed by atoms with Gasteiger partial charge < -0.3 is 5.11 Å². The predicted octanol–water partition coefficient (Wildman–Crippen LogP) is 2.89. The van der Waals surface area contributed by atoms with E-state index in [2.05, 4.69) is 0 Å². The number of aromatic hydroxyl groups is 1. The molecule has 0 spiro atoms. The largest absolute Gasteiger partial charge is 0.507 e. The standard InChI is InChI=1S/C13H11NO3/c15-13-8-4-7-12(14(16)17)11(13)9-10-5-2-1-3-6-10/h1-8,15H,9H2. The Morgan fingerprint density at radius 1 is 1.06 bits per heavy atom. The number of phenolic OH excluding ortho intramolecular Hbond substituents is 1. The summed E-state index contributed by atoms with van der Waals surface area (Å²) in [6.45, 7) is 0. The van der Waals surface area contributed by atoms with Gasteiger partial charge in [0.25, 0.3) is 5.69 Å². The molecule has 0 bridgehead atoms. The molecule has 0 aliphatic rings. The lowest BCUT2D eigenvalue weighted by Crippen LogP contribution is -1.97. The highest BCUT2D eigenvalue weighted by Crippen LogP contribution is 2.29. The van der Waals surface area contributed by atoms with Crippen LogP contribution < -0.4 is 0 Å². The second-order valence-corrected chi connectivity index (χ2v) is 3.69. The van der Waals surface area contributed by atoms with Crippen molar-refractivity contribution in [2.24, 2.45) is 0 Å². The number of phenols is 1. The highest BCUT2D eigenvalue weighted by atomic mass is 16.6. The molecule has 0 aliphatic heterocycles. The molecule has 0 radical (unpaired) electrons. The number of benzene rings is 2.